The normalized spacial score (nSPS) is 9.62. The lowest BCUT2D eigenvalue weighted by Gasteiger charge is -2.07. The topological polar surface area (TPSA) is 74.2 Å². The quantitative estimate of drug-likeness (QED) is 0.597. The summed E-state index contributed by atoms with van der Waals surface area (Å²) >= 11 is 0. The van der Waals surface area contributed by atoms with Crippen molar-refractivity contribution >= 4 is 11.8 Å². The first kappa shape index (κ1) is 9.47. The van der Waals surface area contributed by atoms with E-state index in [9.17, 15) is 4.79 Å². The average Bonchev–Trinajstić information content (AvgIpc) is 2.15. The van der Waals surface area contributed by atoms with Crippen molar-refractivity contribution in [2.75, 3.05) is 12.0 Å². The standard InChI is InChI=1S/C8H11N3O2/c1-2-10-11-7-6(8(12)13)4-3-5-9-7/h3-5,10H,2H2,1H3,(H,9,11)(H,12,13). The highest BCUT2D eigenvalue weighted by Crippen LogP contribution is 2.09. The van der Waals surface area contributed by atoms with E-state index in [1.54, 1.807) is 6.07 Å². The Bertz CT molecular complexity index is 301. The molecule has 5 nitrogen and oxygen atoms in total. The van der Waals surface area contributed by atoms with E-state index in [-0.39, 0.29) is 5.56 Å². The van der Waals surface area contributed by atoms with E-state index < -0.39 is 5.97 Å². The highest BCUT2D eigenvalue weighted by Gasteiger charge is 2.08. The summed E-state index contributed by atoms with van der Waals surface area (Å²) in [6.07, 6.45) is 1.53. The first-order valence-electron chi connectivity index (χ1n) is 3.93. The molecule has 0 unspecified atom stereocenters. The number of nitrogens with zero attached hydrogens (tertiary/aromatic N) is 1. The smallest absolute Gasteiger partial charge is 0.339 e. The number of carboxylic acid groups (broad SMARTS) is 1. The summed E-state index contributed by atoms with van der Waals surface area (Å²) in [7, 11) is 0. The molecule has 0 aliphatic heterocycles. The van der Waals surface area contributed by atoms with Gasteiger partial charge >= 0.3 is 5.97 Å². The van der Waals surface area contributed by atoms with Gasteiger partial charge in [-0.15, -0.1) is 0 Å². The van der Waals surface area contributed by atoms with Gasteiger partial charge in [-0.05, 0) is 12.1 Å². The van der Waals surface area contributed by atoms with Gasteiger partial charge < -0.3 is 10.5 Å². The van der Waals surface area contributed by atoms with Gasteiger partial charge in [-0.25, -0.2) is 15.2 Å². The minimum atomic E-state index is -0.992. The van der Waals surface area contributed by atoms with Crippen LogP contribution in [-0.4, -0.2) is 22.6 Å². The first-order chi connectivity index (χ1) is 6.25. The predicted molar refractivity (Wildman–Crippen MR) is 48.5 cm³/mol. The van der Waals surface area contributed by atoms with Crippen molar-refractivity contribution < 1.29 is 9.90 Å². The highest BCUT2D eigenvalue weighted by molar-refractivity contribution is 5.92. The summed E-state index contributed by atoms with van der Waals surface area (Å²) < 4.78 is 0. The van der Waals surface area contributed by atoms with Crippen LogP contribution in [0.4, 0.5) is 5.82 Å². The van der Waals surface area contributed by atoms with Gasteiger partial charge in [0, 0.05) is 12.7 Å². The first-order valence-corrected chi connectivity index (χ1v) is 3.93. The Morgan fingerprint density at radius 3 is 3.08 bits per heavy atom. The molecule has 13 heavy (non-hydrogen) atoms. The van der Waals surface area contributed by atoms with Crippen LogP contribution in [0.25, 0.3) is 0 Å². The second-order valence-corrected chi connectivity index (χ2v) is 2.36. The van der Waals surface area contributed by atoms with Crippen LogP contribution in [0.2, 0.25) is 0 Å². The summed E-state index contributed by atoms with van der Waals surface area (Å²) in [4.78, 5) is 14.6. The van der Waals surface area contributed by atoms with Gasteiger partial charge in [-0.2, -0.15) is 0 Å². The number of rotatable bonds is 4. The molecule has 3 N–H and O–H groups in total. The van der Waals surface area contributed by atoms with Gasteiger partial charge in [0.1, 0.15) is 5.56 Å². The number of carbonyl (C=O) groups is 1. The van der Waals surface area contributed by atoms with Crippen molar-refractivity contribution in [3.8, 4) is 0 Å². The minimum Gasteiger partial charge on any atom is -0.478 e. The number of pyridine rings is 1. The van der Waals surface area contributed by atoms with E-state index >= 15 is 0 Å². The molecule has 0 aromatic carbocycles. The largest absolute Gasteiger partial charge is 0.478 e. The lowest BCUT2D eigenvalue weighted by Crippen LogP contribution is -2.23. The summed E-state index contributed by atoms with van der Waals surface area (Å²) in [6.45, 7) is 2.59. The van der Waals surface area contributed by atoms with Crippen LogP contribution < -0.4 is 10.9 Å². The molecule has 0 bridgehead atoms. The monoisotopic (exact) mass is 181 g/mol. The van der Waals surface area contributed by atoms with E-state index in [4.69, 9.17) is 5.11 Å². The zero-order valence-corrected chi connectivity index (χ0v) is 7.24. The van der Waals surface area contributed by atoms with Gasteiger partial charge in [0.05, 0.1) is 0 Å². The molecule has 1 aromatic rings. The summed E-state index contributed by atoms with van der Waals surface area (Å²) in [6, 6.07) is 3.08. The van der Waals surface area contributed by atoms with Crippen molar-refractivity contribution in [3.63, 3.8) is 0 Å². The van der Waals surface area contributed by atoms with Crippen molar-refractivity contribution in [2.24, 2.45) is 0 Å². The molecule has 1 rings (SSSR count). The Labute approximate surface area is 75.8 Å². The number of nitrogens with one attached hydrogen (secondary N) is 2. The Balaban J connectivity index is 2.84. The Hall–Kier alpha value is -1.62. The summed E-state index contributed by atoms with van der Waals surface area (Å²) in [5, 5.41) is 8.76. The molecule has 5 heteroatoms. The predicted octanol–water partition coefficient (Wildman–Crippen LogP) is 0.716. The number of carboxylic acids is 1. The summed E-state index contributed by atoms with van der Waals surface area (Å²) in [5.41, 5.74) is 5.64. The van der Waals surface area contributed by atoms with Crippen LogP contribution >= 0.6 is 0 Å². The fourth-order valence-electron chi connectivity index (χ4n) is 0.850. The highest BCUT2D eigenvalue weighted by atomic mass is 16.4. The lowest BCUT2D eigenvalue weighted by atomic mass is 10.2. The third-order valence-corrected chi connectivity index (χ3v) is 1.42. The molecule has 70 valence electrons. The van der Waals surface area contributed by atoms with Crippen LogP contribution in [0.5, 0.6) is 0 Å². The van der Waals surface area contributed by atoms with Crippen molar-refractivity contribution in [2.45, 2.75) is 6.92 Å². The van der Waals surface area contributed by atoms with Crippen molar-refractivity contribution in [3.05, 3.63) is 23.9 Å². The van der Waals surface area contributed by atoms with Crippen LogP contribution in [0.15, 0.2) is 18.3 Å². The molecule has 0 amide bonds. The van der Waals surface area contributed by atoms with Gasteiger partial charge in [0.2, 0.25) is 0 Å². The third-order valence-electron chi connectivity index (χ3n) is 1.42. The minimum absolute atomic E-state index is 0.156. The Morgan fingerprint density at radius 2 is 2.46 bits per heavy atom. The van der Waals surface area contributed by atoms with Gasteiger partial charge in [0.25, 0.3) is 0 Å². The van der Waals surface area contributed by atoms with Gasteiger partial charge in [-0.1, -0.05) is 6.92 Å². The molecule has 0 aliphatic rings. The van der Waals surface area contributed by atoms with E-state index in [0.29, 0.717) is 12.4 Å². The molecular formula is C8H11N3O2. The van der Waals surface area contributed by atoms with E-state index in [2.05, 4.69) is 15.8 Å². The maximum Gasteiger partial charge on any atom is 0.339 e. The Kier molecular flexibility index (Phi) is 3.22. The molecular weight excluding hydrogens is 170 g/mol. The average molecular weight is 181 g/mol. The zero-order valence-electron chi connectivity index (χ0n) is 7.24. The number of aromatic carboxylic acids is 1. The zero-order chi connectivity index (χ0) is 9.68. The fraction of sp³-hybridized carbons (Fsp3) is 0.250. The van der Waals surface area contributed by atoms with E-state index in [1.807, 2.05) is 6.92 Å². The second kappa shape index (κ2) is 4.42. The van der Waals surface area contributed by atoms with E-state index in [1.165, 1.54) is 12.3 Å². The van der Waals surface area contributed by atoms with Crippen molar-refractivity contribution in [1.29, 1.82) is 0 Å². The molecule has 0 saturated carbocycles. The molecule has 0 atom stereocenters. The molecule has 0 fully saturated rings. The van der Waals surface area contributed by atoms with Crippen LogP contribution in [0.3, 0.4) is 0 Å². The maximum absolute atomic E-state index is 10.7. The number of aromatic nitrogens is 1. The molecule has 1 heterocycles. The van der Waals surface area contributed by atoms with Crippen LogP contribution in [-0.2, 0) is 0 Å². The van der Waals surface area contributed by atoms with E-state index in [0.717, 1.165) is 0 Å². The molecule has 0 spiro atoms. The number of hydrogen-bond donors (Lipinski definition) is 3. The number of hydrazine groups is 1. The molecule has 1 aromatic heterocycles. The number of anilines is 1. The van der Waals surface area contributed by atoms with Crippen LogP contribution in [0.1, 0.15) is 17.3 Å². The fourth-order valence-corrected chi connectivity index (χ4v) is 0.850. The maximum atomic E-state index is 10.7. The van der Waals surface area contributed by atoms with Crippen LogP contribution in [0, 0.1) is 0 Å². The number of hydrogen-bond acceptors (Lipinski definition) is 4. The van der Waals surface area contributed by atoms with Gasteiger partial charge in [-0.3, -0.25) is 0 Å². The van der Waals surface area contributed by atoms with Crippen molar-refractivity contribution in [1.82, 2.24) is 10.4 Å². The molecule has 0 aliphatic carbocycles. The van der Waals surface area contributed by atoms with Gasteiger partial charge in [0.15, 0.2) is 5.82 Å². The SMILES string of the molecule is CCNNc1ncccc1C(=O)O. The third kappa shape index (κ3) is 2.41. The lowest BCUT2D eigenvalue weighted by molar-refractivity contribution is 0.0697. The molecule has 0 radical (unpaired) electrons. The second-order valence-electron chi connectivity index (χ2n) is 2.36. The Morgan fingerprint density at radius 1 is 1.69 bits per heavy atom. The molecule has 0 saturated heterocycles. The summed E-state index contributed by atoms with van der Waals surface area (Å²) in [5.74, 6) is -0.662.